The summed E-state index contributed by atoms with van der Waals surface area (Å²) < 4.78 is 18.5. The van der Waals surface area contributed by atoms with Gasteiger partial charge in [0.25, 0.3) is 0 Å². The molecule has 3 heterocycles. The van der Waals surface area contributed by atoms with E-state index in [0.29, 0.717) is 0 Å². The molecule has 0 aliphatic carbocycles. The van der Waals surface area contributed by atoms with Crippen LogP contribution in [0.25, 0.3) is 21.3 Å². The predicted octanol–water partition coefficient (Wildman–Crippen LogP) is 5.39. The van der Waals surface area contributed by atoms with Crippen LogP contribution in [0.5, 0.6) is 0 Å². The van der Waals surface area contributed by atoms with E-state index in [2.05, 4.69) is 15.1 Å². The second-order valence-corrected chi connectivity index (χ2v) is 7.43. The van der Waals surface area contributed by atoms with Crippen LogP contribution < -0.4 is 0 Å². The molecule has 1 aromatic carbocycles. The normalized spacial score (nSPS) is 11.3. The van der Waals surface area contributed by atoms with Gasteiger partial charge in [0.15, 0.2) is 0 Å². The van der Waals surface area contributed by atoms with Gasteiger partial charge in [-0.2, -0.15) is 0 Å². The number of benzene rings is 1. The minimum absolute atomic E-state index is 0.243. The van der Waals surface area contributed by atoms with E-state index in [1.54, 1.807) is 41.6 Å². The highest BCUT2D eigenvalue weighted by atomic mass is 32.2. The Kier molecular flexibility index (Phi) is 4.27. The van der Waals surface area contributed by atoms with Crippen molar-refractivity contribution < 1.29 is 8.91 Å². The summed E-state index contributed by atoms with van der Waals surface area (Å²) in [6, 6.07) is 6.51. The van der Waals surface area contributed by atoms with Crippen LogP contribution in [0.4, 0.5) is 4.39 Å². The first-order valence-corrected chi connectivity index (χ1v) is 9.52. The molecule has 0 fully saturated rings. The van der Waals surface area contributed by atoms with Crippen LogP contribution >= 0.6 is 23.1 Å². The molecule has 0 atom stereocenters. The molecular formula is C18H14FN3OS2. The maximum atomic E-state index is 13.2. The first-order chi connectivity index (χ1) is 12.1. The van der Waals surface area contributed by atoms with Gasteiger partial charge in [0.05, 0.1) is 11.1 Å². The zero-order chi connectivity index (χ0) is 17.4. The van der Waals surface area contributed by atoms with Crippen molar-refractivity contribution in [1.82, 2.24) is 15.1 Å². The highest BCUT2D eigenvalue weighted by Gasteiger charge is 2.16. The third-order valence-corrected chi connectivity index (χ3v) is 5.93. The number of aryl methyl sites for hydroxylation is 2. The van der Waals surface area contributed by atoms with E-state index in [9.17, 15) is 4.39 Å². The molecule has 0 spiro atoms. The van der Waals surface area contributed by atoms with Crippen molar-refractivity contribution >= 4 is 33.3 Å². The van der Waals surface area contributed by atoms with Gasteiger partial charge in [0.1, 0.15) is 27.8 Å². The number of thioether (sulfide) groups is 1. The molecule has 0 amide bonds. The molecule has 3 aromatic heterocycles. The molecule has 4 nitrogen and oxygen atoms in total. The summed E-state index contributed by atoms with van der Waals surface area (Å²) >= 11 is 3.20. The maximum Gasteiger partial charge on any atom is 0.137 e. The molecule has 0 aliphatic rings. The second kappa shape index (κ2) is 6.57. The molecule has 0 bridgehead atoms. The molecular weight excluding hydrogens is 357 g/mol. The van der Waals surface area contributed by atoms with E-state index in [1.165, 1.54) is 12.1 Å². The van der Waals surface area contributed by atoms with Crippen molar-refractivity contribution in [3.05, 3.63) is 58.8 Å². The van der Waals surface area contributed by atoms with Gasteiger partial charge in [-0.3, -0.25) is 0 Å². The fraction of sp³-hybridized carbons (Fsp3) is 0.167. The highest BCUT2D eigenvalue weighted by molar-refractivity contribution is 7.98. The molecule has 0 unspecified atom stereocenters. The Labute approximate surface area is 152 Å². The molecule has 4 aromatic rings. The lowest BCUT2D eigenvalue weighted by Gasteiger charge is -2.05. The first-order valence-electron chi connectivity index (χ1n) is 7.66. The highest BCUT2D eigenvalue weighted by Crippen LogP contribution is 2.39. The summed E-state index contributed by atoms with van der Waals surface area (Å²) in [4.78, 5) is 9.78. The average molecular weight is 371 g/mol. The predicted molar refractivity (Wildman–Crippen MR) is 98.3 cm³/mol. The smallest absolute Gasteiger partial charge is 0.137 e. The number of fused-ring (bicyclic) bond motifs is 1. The lowest BCUT2D eigenvalue weighted by atomic mass is 10.1. The van der Waals surface area contributed by atoms with E-state index >= 15 is 0 Å². The molecule has 0 saturated carbocycles. The number of halogens is 1. The molecule has 0 saturated heterocycles. The van der Waals surface area contributed by atoms with Crippen molar-refractivity contribution in [3.8, 4) is 11.1 Å². The summed E-state index contributed by atoms with van der Waals surface area (Å²) in [5.41, 5.74) is 3.98. The fourth-order valence-electron chi connectivity index (χ4n) is 2.65. The third kappa shape index (κ3) is 3.05. The van der Waals surface area contributed by atoms with Gasteiger partial charge in [-0.15, -0.1) is 23.1 Å². The van der Waals surface area contributed by atoms with E-state index in [0.717, 1.165) is 49.1 Å². The Morgan fingerprint density at radius 2 is 1.96 bits per heavy atom. The summed E-state index contributed by atoms with van der Waals surface area (Å²) in [6.07, 6.45) is 1.59. The topological polar surface area (TPSA) is 51.8 Å². The van der Waals surface area contributed by atoms with Gasteiger partial charge in [-0.1, -0.05) is 17.3 Å². The maximum absolute atomic E-state index is 13.2. The molecule has 0 aliphatic heterocycles. The number of aromatic nitrogens is 3. The summed E-state index contributed by atoms with van der Waals surface area (Å²) in [6.45, 7) is 3.86. The number of nitrogens with zero attached hydrogens (tertiary/aromatic N) is 3. The Morgan fingerprint density at radius 1 is 1.16 bits per heavy atom. The van der Waals surface area contributed by atoms with Crippen LogP contribution in [-0.4, -0.2) is 15.1 Å². The molecule has 0 N–H and O–H groups in total. The first kappa shape index (κ1) is 16.2. The molecule has 126 valence electrons. The lowest BCUT2D eigenvalue weighted by molar-refractivity contribution is 0.392. The van der Waals surface area contributed by atoms with Gasteiger partial charge in [0, 0.05) is 22.3 Å². The van der Waals surface area contributed by atoms with Crippen LogP contribution in [0.1, 0.15) is 17.0 Å². The Morgan fingerprint density at radius 3 is 2.68 bits per heavy atom. The largest absolute Gasteiger partial charge is 0.361 e. The monoisotopic (exact) mass is 371 g/mol. The zero-order valence-corrected chi connectivity index (χ0v) is 15.2. The molecule has 7 heteroatoms. The lowest BCUT2D eigenvalue weighted by Crippen LogP contribution is -1.89. The second-order valence-electron chi connectivity index (χ2n) is 5.61. The van der Waals surface area contributed by atoms with Gasteiger partial charge in [0.2, 0.25) is 0 Å². The van der Waals surface area contributed by atoms with Crippen LogP contribution in [0.15, 0.2) is 45.5 Å². The Hall–Kier alpha value is -2.25. The summed E-state index contributed by atoms with van der Waals surface area (Å²) in [5, 5.41) is 7.97. The fourth-order valence-corrected chi connectivity index (χ4v) is 4.79. The van der Waals surface area contributed by atoms with Gasteiger partial charge >= 0.3 is 0 Å². The van der Waals surface area contributed by atoms with Crippen molar-refractivity contribution in [2.75, 3.05) is 0 Å². The minimum atomic E-state index is -0.243. The number of rotatable bonds is 4. The Bertz CT molecular complexity index is 1020. The number of hydrogen-bond acceptors (Lipinski definition) is 6. The molecule has 25 heavy (non-hydrogen) atoms. The molecule has 4 rings (SSSR count). The quantitative estimate of drug-likeness (QED) is 0.355. The van der Waals surface area contributed by atoms with Crippen LogP contribution in [0, 0.1) is 19.7 Å². The summed E-state index contributed by atoms with van der Waals surface area (Å²) in [7, 11) is 0. The summed E-state index contributed by atoms with van der Waals surface area (Å²) in [5.74, 6) is 1.32. The van der Waals surface area contributed by atoms with Crippen molar-refractivity contribution in [2.24, 2.45) is 0 Å². The average Bonchev–Trinajstić information content (AvgIpc) is 3.18. The number of thiophene rings is 1. The molecule has 0 radical (unpaired) electrons. The number of hydrogen-bond donors (Lipinski definition) is 0. The van der Waals surface area contributed by atoms with Crippen molar-refractivity contribution in [2.45, 2.75) is 24.6 Å². The van der Waals surface area contributed by atoms with E-state index < -0.39 is 0 Å². The minimum Gasteiger partial charge on any atom is -0.361 e. The van der Waals surface area contributed by atoms with Crippen LogP contribution in [0.2, 0.25) is 0 Å². The third-order valence-electron chi connectivity index (χ3n) is 4.03. The van der Waals surface area contributed by atoms with Crippen LogP contribution in [-0.2, 0) is 5.75 Å². The van der Waals surface area contributed by atoms with Crippen LogP contribution in [0.3, 0.4) is 0 Å². The van der Waals surface area contributed by atoms with Gasteiger partial charge < -0.3 is 4.52 Å². The standard InChI is InChI=1S/C18H14FN3OS2/c1-10-14(11(2)23-22-10)7-24-17-16-15(8-25-18(16)21-9-20-17)12-3-5-13(19)6-4-12/h3-6,8-9H,7H2,1-2H3. The SMILES string of the molecule is Cc1noc(C)c1CSc1ncnc2scc(-c3ccc(F)cc3)c12. The Balaban J connectivity index is 1.74. The van der Waals surface area contributed by atoms with Gasteiger partial charge in [-0.05, 0) is 31.5 Å². The zero-order valence-electron chi connectivity index (χ0n) is 13.6. The van der Waals surface area contributed by atoms with E-state index in [4.69, 9.17) is 4.52 Å². The van der Waals surface area contributed by atoms with Crippen molar-refractivity contribution in [3.63, 3.8) is 0 Å². The van der Waals surface area contributed by atoms with E-state index in [1.807, 2.05) is 19.2 Å². The van der Waals surface area contributed by atoms with E-state index in [-0.39, 0.29) is 5.82 Å². The van der Waals surface area contributed by atoms with Gasteiger partial charge in [-0.25, -0.2) is 14.4 Å². The van der Waals surface area contributed by atoms with Crippen molar-refractivity contribution in [1.29, 1.82) is 0 Å².